The van der Waals surface area contributed by atoms with Crippen molar-refractivity contribution in [3.8, 4) is 0 Å². The topological polar surface area (TPSA) is 87.2 Å². The predicted octanol–water partition coefficient (Wildman–Crippen LogP) is 3.22. The monoisotopic (exact) mass is 559 g/mol. The van der Waals surface area contributed by atoms with E-state index in [2.05, 4.69) is 0 Å². The summed E-state index contributed by atoms with van der Waals surface area (Å²) in [6, 6.07) is 5.83. The molecule has 2 atom stereocenters. The SMILES string of the molecule is CCOC(=O)CCN1CCN(C/C=C2/CN(C(C(=O)C3CC3)c3ccccc3F)CCC2SC(C)=O)C(=O)C1. The maximum Gasteiger partial charge on any atom is 0.307 e. The number of esters is 1. The van der Waals surface area contributed by atoms with Gasteiger partial charge in [0.05, 0.1) is 25.6 Å². The van der Waals surface area contributed by atoms with Crippen molar-refractivity contribution in [2.75, 3.05) is 52.4 Å². The van der Waals surface area contributed by atoms with Gasteiger partial charge in [0.15, 0.2) is 10.9 Å². The maximum absolute atomic E-state index is 14.9. The van der Waals surface area contributed by atoms with Crippen molar-refractivity contribution in [1.82, 2.24) is 14.7 Å². The summed E-state index contributed by atoms with van der Waals surface area (Å²) in [6.45, 7) is 7.02. The van der Waals surface area contributed by atoms with Gasteiger partial charge in [-0.3, -0.25) is 29.0 Å². The normalized spacial score (nSPS) is 22.6. The molecule has 2 aliphatic heterocycles. The summed E-state index contributed by atoms with van der Waals surface area (Å²) < 4.78 is 19.8. The fourth-order valence-corrected chi connectivity index (χ4v) is 6.25. The molecule has 0 spiro atoms. The molecule has 1 aliphatic carbocycles. The Morgan fingerprint density at radius 3 is 2.56 bits per heavy atom. The number of piperidine rings is 1. The van der Waals surface area contributed by atoms with Crippen LogP contribution < -0.4 is 0 Å². The minimum atomic E-state index is -0.657. The Bertz CT molecular complexity index is 1110. The van der Waals surface area contributed by atoms with Crippen LogP contribution in [0, 0.1) is 11.7 Å². The Kier molecular flexibility index (Phi) is 10.3. The number of amides is 1. The van der Waals surface area contributed by atoms with Crippen molar-refractivity contribution < 1.29 is 28.3 Å². The van der Waals surface area contributed by atoms with E-state index in [0.717, 1.165) is 18.4 Å². The van der Waals surface area contributed by atoms with Crippen LogP contribution in [0.25, 0.3) is 0 Å². The summed E-state index contributed by atoms with van der Waals surface area (Å²) in [5.74, 6) is -0.621. The second kappa shape index (κ2) is 13.7. The van der Waals surface area contributed by atoms with Crippen molar-refractivity contribution >= 4 is 34.5 Å². The van der Waals surface area contributed by atoms with E-state index in [1.807, 2.05) is 15.9 Å². The quantitative estimate of drug-likeness (QED) is 0.302. The molecule has 2 unspecified atom stereocenters. The molecular formula is C29H38FN3O5S. The number of halogens is 1. The Morgan fingerprint density at radius 1 is 1.13 bits per heavy atom. The Labute approximate surface area is 233 Å². The van der Waals surface area contributed by atoms with E-state index < -0.39 is 6.04 Å². The largest absolute Gasteiger partial charge is 0.466 e. The Hall–Kier alpha value is -2.56. The molecule has 0 N–H and O–H groups in total. The fraction of sp³-hybridized carbons (Fsp3) is 0.586. The van der Waals surface area contributed by atoms with Crippen molar-refractivity contribution in [2.45, 2.75) is 50.8 Å². The van der Waals surface area contributed by atoms with Gasteiger partial charge in [0.2, 0.25) is 5.91 Å². The van der Waals surface area contributed by atoms with Crippen LogP contribution in [-0.4, -0.2) is 95.1 Å². The lowest BCUT2D eigenvalue weighted by molar-refractivity contribution is -0.144. The van der Waals surface area contributed by atoms with Crippen LogP contribution in [-0.2, 0) is 23.9 Å². The number of hydrogen-bond acceptors (Lipinski definition) is 8. The fourth-order valence-electron chi connectivity index (χ4n) is 5.30. The number of carbonyl (C=O) groups excluding carboxylic acids is 4. The van der Waals surface area contributed by atoms with Crippen LogP contribution in [0.4, 0.5) is 4.39 Å². The van der Waals surface area contributed by atoms with Crippen LogP contribution in [0.2, 0.25) is 0 Å². The zero-order chi connectivity index (χ0) is 27.9. The predicted molar refractivity (Wildman–Crippen MR) is 147 cm³/mol. The molecule has 3 aliphatic rings. The van der Waals surface area contributed by atoms with Gasteiger partial charge < -0.3 is 9.64 Å². The summed E-state index contributed by atoms with van der Waals surface area (Å²) >= 11 is 1.28. The summed E-state index contributed by atoms with van der Waals surface area (Å²) in [5.41, 5.74) is 1.39. The number of likely N-dealkylation sites (tertiary alicyclic amines) is 1. The molecule has 1 saturated carbocycles. The number of nitrogens with zero attached hydrogens (tertiary/aromatic N) is 3. The van der Waals surface area contributed by atoms with Crippen LogP contribution in [0.3, 0.4) is 0 Å². The lowest BCUT2D eigenvalue weighted by Gasteiger charge is -2.39. The highest BCUT2D eigenvalue weighted by molar-refractivity contribution is 8.14. The van der Waals surface area contributed by atoms with Crippen molar-refractivity contribution in [2.24, 2.45) is 5.92 Å². The van der Waals surface area contributed by atoms with Crippen LogP contribution in [0.1, 0.15) is 51.1 Å². The molecule has 0 aromatic heterocycles. The van der Waals surface area contributed by atoms with Gasteiger partial charge in [-0.15, -0.1) is 0 Å². The van der Waals surface area contributed by atoms with Gasteiger partial charge in [-0.1, -0.05) is 36.0 Å². The molecule has 10 heteroatoms. The Balaban J connectivity index is 1.45. The van der Waals surface area contributed by atoms with E-state index in [1.165, 1.54) is 17.8 Å². The second-order valence-corrected chi connectivity index (χ2v) is 11.8. The molecule has 212 valence electrons. The maximum atomic E-state index is 14.9. The number of hydrogen-bond donors (Lipinski definition) is 0. The third kappa shape index (κ3) is 7.99. The van der Waals surface area contributed by atoms with Crippen LogP contribution in [0.15, 0.2) is 35.9 Å². The molecule has 2 heterocycles. The molecule has 1 aromatic rings. The number of ketones is 1. The molecule has 0 radical (unpaired) electrons. The number of thioether (sulfide) groups is 1. The molecule has 4 rings (SSSR count). The first-order valence-corrected chi connectivity index (χ1v) is 14.7. The second-order valence-electron chi connectivity index (χ2n) is 10.4. The molecule has 2 saturated heterocycles. The Morgan fingerprint density at radius 2 is 1.90 bits per heavy atom. The van der Waals surface area contributed by atoms with Gasteiger partial charge in [-0.2, -0.15) is 0 Å². The van der Waals surface area contributed by atoms with E-state index in [9.17, 15) is 23.6 Å². The van der Waals surface area contributed by atoms with E-state index in [4.69, 9.17) is 4.74 Å². The van der Waals surface area contributed by atoms with Crippen LogP contribution >= 0.6 is 11.8 Å². The highest BCUT2D eigenvalue weighted by atomic mass is 32.2. The third-order valence-corrected chi connectivity index (χ3v) is 8.66. The zero-order valence-corrected chi connectivity index (χ0v) is 23.6. The third-order valence-electron chi connectivity index (χ3n) is 7.51. The number of rotatable bonds is 11. The summed E-state index contributed by atoms with van der Waals surface area (Å²) in [6.07, 6.45) is 4.62. The highest BCUT2D eigenvalue weighted by Crippen LogP contribution is 2.40. The smallest absolute Gasteiger partial charge is 0.307 e. The molecular weight excluding hydrogens is 521 g/mol. The van der Waals surface area contributed by atoms with Gasteiger partial charge in [0, 0.05) is 62.9 Å². The van der Waals surface area contributed by atoms with E-state index in [1.54, 1.807) is 36.9 Å². The van der Waals surface area contributed by atoms with Gasteiger partial charge in [0.1, 0.15) is 5.82 Å². The first kappa shape index (κ1) is 29.4. The summed E-state index contributed by atoms with van der Waals surface area (Å²) in [4.78, 5) is 55.7. The zero-order valence-electron chi connectivity index (χ0n) is 22.8. The lowest BCUT2D eigenvalue weighted by atomic mass is 9.93. The minimum Gasteiger partial charge on any atom is -0.466 e. The van der Waals surface area contributed by atoms with Gasteiger partial charge in [-0.25, -0.2) is 4.39 Å². The van der Waals surface area contributed by atoms with Crippen LogP contribution in [0.5, 0.6) is 0 Å². The van der Waals surface area contributed by atoms with Gasteiger partial charge >= 0.3 is 5.97 Å². The molecule has 39 heavy (non-hydrogen) atoms. The standard InChI is InChI=1S/C29H38FN3O5S/c1-3-38-27(36)12-13-31-16-17-32(26(35)19-31)14-10-22-18-33(15-11-25(22)39-20(2)34)28(29(37)21-8-9-21)23-6-4-5-7-24(23)30/h4-7,10,21,25,28H,3,8-9,11-19H2,1-2H3/b22-10-. The summed E-state index contributed by atoms with van der Waals surface area (Å²) in [7, 11) is 0. The van der Waals surface area contributed by atoms with Gasteiger partial charge in [0.25, 0.3) is 0 Å². The average molecular weight is 560 g/mol. The minimum absolute atomic E-state index is 0.0152. The molecule has 1 aromatic carbocycles. The van der Waals surface area contributed by atoms with E-state index in [0.29, 0.717) is 57.9 Å². The molecule has 0 bridgehead atoms. The number of piperazine rings is 1. The van der Waals surface area contributed by atoms with Gasteiger partial charge in [-0.05, 0) is 37.8 Å². The number of carbonyl (C=O) groups is 4. The van der Waals surface area contributed by atoms with Crippen molar-refractivity contribution in [1.29, 1.82) is 0 Å². The first-order valence-electron chi connectivity index (χ1n) is 13.8. The lowest BCUT2D eigenvalue weighted by Crippen LogP contribution is -2.50. The van der Waals surface area contributed by atoms with Crippen molar-refractivity contribution in [3.63, 3.8) is 0 Å². The highest BCUT2D eigenvalue weighted by Gasteiger charge is 2.41. The van der Waals surface area contributed by atoms with E-state index in [-0.39, 0.29) is 52.7 Å². The van der Waals surface area contributed by atoms with E-state index >= 15 is 0 Å². The first-order chi connectivity index (χ1) is 18.8. The average Bonchev–Trinajstić information content (AvgIpc) is 3.75. The summed E-state index contributed by atoms with van der Waals surface area (Å²) in [5, 5.41) is -0.0256. The number of benzene rings is 1. The molecule has 3 fully saturated rings. The van der Waals surface area contributed by atoms with Crippen molar-refractivity contribution in [3.05, 3.63) is 47.3 Å². The number of ether oxygens (including phenoxy) is 1. The number of Topliss-reactive ketones (excluding diaryl/α,β-unsaturated/α-hetero) is 1. The molecule has 8 nitrogen and oxygen atoms in total. The molecule has 1 amide bonds.